The van der Waals surface area contributed by atoms with E-state index in [0.717, 1.165) is 18.2 Å². The van der Waals surface area contributed by atoms with Crippen LogP contribution in [-0.4, -0.2) is 0 Å². The molecule has 0 aromatic heterocycles. The minimum Gasteiger partial charge on any atom is -0.207 e. The molecule has 0 unspecified atom stereocenters. The van der Waals surface area contributed by atoms with E-state index in [4.69, 9.17) is 0 Å². The molecule has 0 spiro atoms. The average molecular weight is 300 g/mol. The molecule has 2 rings (SSSR count). The largest absolute Gasteiger partial charge is 0.416 e. The molecule has 2 aromatic carbocycles. The van der Waals surface area contributed by atoms with E-state index in [2.05, 4.69) is 0 Å². The third-order valence-electron chi connectivity index (χ3n) is 3.18. The number of benzene rings is 2. The third kappa shape index (κ3) is 3.40. The summed E-state index contributed by atoms with van der Waals surface area (Å²) in [4.78, 5) is 0. The maximum Gasteiger partial charge on any atom is 0.416 e. The van der Waals surface area contributed by atoms with E-state index < -0.39 is 23.4 Å². The van der Waals surface area contributed by atoms with Crippen LogP contribution in [0.3, 0.4) is 0 Å². The summed E-state index contributed by atoms with van der Waals surface area (Å²) < 4.78 is 65.7. The Bertz CT molecular complexity index is 636. The van der Waals surface area contributed by atoms with Crippen molar-refractivity contribution in [3.63, 3.8) is 0 Å². The van der Waals surface area contributed by atoms with Crippen LogP contribution in [0.4, 0.5) is 22.0 Å². The van der Waals surface area contributed by atoms with Gasteiger partial charge in [-0.05, 0) is 40.8 Å². The first kappa shape index (κ1) is 15.5. The first-order valence-electron chi connectivity index (χ1n) is 6.36. The van der Waals surface area contributed by atoms with Crippen LogP contribution in [-0.2, 0) is 6.18 Å². The number of hydrogen-bond acceptors (Lipinski definition) is 0. The van der Waals surface area contributed by atoms with Crippen LogP contribution < -0.4 is 0 Å². The molecule has 0 aliphatic heterocycles. The molecule has 21 heavy (non-hydrogen) atoms. The van der Waals surface area contributed by atoms with E-state index in [1.165, 1.54) is 12.1 Å². The molecule has 5 heteroatoms. The fraction of sp³-hybridized carbons (Fsp3) is 0.250. The summed E-state index contributed by atoms with van der Waals surface area (Å²) in [6.45, 7) is 3.32. The zero-order valence-corrected chi connectivity index (χ0v) is 11.4. The molecule has 0 radical (unpaired) electrons. The summed E-state index contributed by atoms with van der Waals surface area (Å²) in [6.07, 6.45) is -4.51. The monoisotopic (exact) mass is 300 g/mol. The Morgan fingerprint density at radius 2 is 1.38 bits per heavy atom. The summed E-state index contributed by atoms with van der Waals surface area (Å²) in [5.41, 5.74) is -0.416. The van der Waals surface area contributed by atoms with Crippen LogP contribution in [0, 0.1) is 11.6 Å². The van der Waals surface area contributed by atoms with Gasteiger partial charge in [0.15, 0.2) is 0 Å². The number of alkyl halides is 3. The van der Waals surface area contributed by atoms with Gasteiger partial charge in [-0.2, -0.15) is 13.2 Å². The minimum atomic E-state index is -4.51. The van der Waals surface area contributed by atoms with Gasteiger partial charge in [0.25, 0.3) is 0 Å². The summed E-state index contributed by atoms with van der Waals surface area (Å²) in [7, 11) is 0. The Morgan fingerprint density at radius 3 is 1.86 bits per heavy atom. The van der Waals surface area contributed by atoms with Crippen molar-refractivity contribution in [2.24, 2.45) is 0 Å². The summed E-state index contributed by atoms with van der Waals surface area (Å²) in [5.74, 6) is -1.96. The van der Waals surface area contributed by atoms with Crippen molar-refractivity contribution in [2.45, 2.75) is 25.9 Å². The van der Waals surface area contributed by atoms with E-state index in [-0.39, 0.29) is 22.6 Å². The first-order chi connectivity index (χ1) is 9.68. The zero-order valence-electron chi connectivity index (χ0n) is 11.4. The van der Waals surface area contributed by atoms with E-state index in [1.807, 2.05) is 0 Å². The van der Waals surface area contributed by atoms with Gasteiger partial charge in [-0.25, -0.2) is 8.78 Å². The quantitative estimate of drug-likeness (QED) is 0.617. The van der Waals surface area contributed by atoms with Gasteiger partial charge in [0.05, 0.1) is 5.56 Å². The normalized spacial score (nSPS) is 12.0. The molecule has 0 bridgehead atoms. The maximum atomic E-state index is 13.2. The Kier molecular flexibility index (Phi) is 4.03. The predicted molar refractivity (Wildman–Crippen MR) is 70.9 cm³/mol. The van der Waals surface area contributed by atoms with Gasteiger partial charge in [-0.3, -0.25) is 0 Å². The fourth-order valence-electron chi connectivity index (χ4n) is 2.21. The SMILES string of the molecule is CC(C)c1ccc(-c2cc(F)cc(F)c2)cc1C(F)(F)F. The van der Waals surface area contributed by atoms with Crippen molar-refractivity contribution < 1.29 is 22.0 Å². The van der Waals surface area contributed by atoms with Crippen molar-refractivity contribution >= 4 is 0 Å². The molecule has 112 valence electrons. The van der Waals surface area contributed by atoms with Gasteiger partial charge in [0.1, 0.15) is 11.6 Å². The van der Waals surface area contributed by atoms with E-state index in [0.29, 0.717) is 6.07 Å². The van der Waals surface area contributed by atoms with Gasteiger partial charge in [0.2, 0.25) is 0 Å². The molecule has 0 N–H and O–H groups in total. The molecule has 0 fully saturated rings. The Morgan fingerprint density at radius 1 is 0.810 bits per heavy atom. The molecule has 0 nitrogen and oxygen atoms in total. The van der Waals surface area contributed by atoms with Crippen LogP contribution in [0.15, 0.2) is 36.4 Å². The highest BCUT2D eigenvalue weighted by molar-refractivity contribution is 5.65. The molecule has 0 saturated heterocycles. The van der Waals surface area contributed by atoms with Crippen molar-refractivity contribution in [1.82, 2.24) is 0 Å². The second-order valence-corrected chi connectivity index (χ2v) is 5.11. The Hall–Kier alpha value is -1.91. The smallest absolute Gasteiger partial charge is 0.207 e. The number of hydrogen-bond donors (Lipinski definition) is 0. The van der Waals surface area contributed by atoms with Crippen molar-refractivity contribution in [3.05, 3.63) is 59.2 Å². The second kappa shape index (κ2) is 5.47. The maximum absolute atomic E-state index is 13.2. The molecule has 0 aliphatic carbocycles. The van der Waals surface area contributed by atoms with Gasteiger partial charge < -0.3 is 0 Å². The number of rotatable bonds is 2. The number of halogens is 5. The fourth-order valence-corrected chi connectivity index (χ4v) is 2.21. The van der Waals surface area contributed by atoms with E-state index >= 15 is 0 Å². The molecular weight excluding hydrogens is 287 g/mol. The average Bonchev–Trinajstić information content (AvgIpc) is 2.35. The second-order valence-electron chi connectivity index (χ2n) is 5.11. The lowest BCUT2D eigenvalue weighted by Gasteiger charge is -2.17. The van der Waals surface area contributed by atoms with Gasteiger partial charge in [0, 0.05) is 6.07 Å². The molecular formula is C16H13F5. The molecule has 0 atom stereocenters. The highest BCUT2D eigenvalue weighted by Gasteiger charge is 2.34. The van der Waals surface area contributed by atoms with Crippen LogP contribution in [0.1, 0.15) is 30.9 Å². The molecule has 0 aliphatic rings. The summed E-state index contributed by atoms with van der Waals surface area (Å²) >= 11 is 0. The first-order valence-corrected chi connectivity index (χ1v) is 6.36. The lowest BCUT2D eigenvalue weighted by atomic mass is 9.93. The highest BCUT2D eigenvalue weighted by Crippen LogP contribution is 2.37. The third-order valence-corrected chi connectivity index (χ3v) is 3.18. The van der Waals surface area contributed by atoms with Gasteiger partial charge >= 0.3 is 6.18 Å². The summed E-state index contributed by atoms with van der Waals surface area (Å²) in [6, 6.07) is 6.42. The van der Waals surface area contributed by atoms with Crippen molar-refractivity contribution in [2.75, 3.05) is 0 Å². The topological polar surface area (TPSA) is 0 Å². The van der Waals surface area contributed by atoms with Crippen molar-refractivity contribution in [3.8, 4) is 11.1 Å². The van der Waals surface area contributed by atoms with E-state index in [1.54, 1.807) is 13.8 Å². The predicted octanol–water partition coefficient (Wildman–Crippen LogP) is 5.77. The molecule has 0 saturated carbocycles. The molecule has 0 amide bonds. The van der Waals surface area contributed by atoms with Crippen LogP contribution in [0.5, 0.6) is 0 Å². The molecule has 0 heterocycles. The zero-order chi connectivity index (χ0) is 15.8. The van der Waals surface area contributed by atoms with Crippen LogP contribution in [0.25, 0.3) is 11.1 Å². The van der Waals surface area contributed by atoms with Gasteiger partial charge in [-0.1, -0.05) is 26.0 Å². The highest BCUT2D eigenvalue weighted by atomic mass is 19.4. The lowest BCUT2D eigenvalue weighted by molar-refractivity contribution is -0.138. The minimum absolute atomic E-state index is 0.0771. The lowest BCUT2D eigenvalue weighted by Crippen LogP contribution is -2.10. The Labute approximate surface area is 119 Å². The Balaban J connectivity index is 2.61. The standard InChI is InChI=1S/C16H13F5/c1-9(2)14-4-3-10(7-15(14)16(19,20)21)11-5-12(17)8-13(18)6-11/h3-9H,1-2H3. The van der Waals surface area contributed by atoms with Crippen LogP contribution >= 0.6 is 0 Å². The van der Waals surface area contributed by atoms with E-state index in [9.17, 15) is 22.0 Å². The van der Waals surface area contributed by atoms with Gasteiger partial charge in [-0.15, -0.1) is 0 Å². The van der Waals surface area contributed by atoms with Crippen LogP contribution in [0.2, 0.25) is 0 Å². The van der Waals surface area contributed by atoms with Crippen molar-refractivity contribution in [1.29, 1.82) is 0 Å². The summed E-state index contributed by atoms with van der Waals surface area (Å²) in [5, 5.41) is 0. The molecule has 2 aromatic rings.